The van der Waals surface area contributed by atoms with E-state index in [1.807, 2.05) is 0 Å². The molecule has 0 aliphatic heterocycles. The number of nitroso groups, excluding NO2 is 1. The second-order valence-electron chi connectivity index (χ2n) is 2.69. The van der Waals surface area contributed by atoms with E-state index >= 15 is 0 Å². The van der Waals surface area contributed by atoms with Crippen molar-refractivity contribution in [1.29, 1.82) is 0 Å². The highest BCUT2D eigenvalue weighted by atomic mass is 16.3. The summed E-state index contributed by atoms with van der Waals surface area (Å²) < 4.78 is 0. The van der Waals surface area contributed by atoms with Crippen molar-refractivity contribution in [2.75, 3.05) is 0 Å². The molecule has 2 rings (SSSR count). The fourth-order valence-electron chi connectivity index (χ4n) is 1.14. The first-order chi connectivity index (χ1) is 6.81. The molecule has 2 aromatic rings. The highest BCUT2D eigenvalue weighted by Crippen LogP contribution is 2.12. The fourth-order valence-corrected chi connectivity index (χ4v) is 1.14. The number of nitrogens with zero attached hydrogens (tertiary/aromatic N) is 3. The Bertz CT molecular complexity index is 510. The standard InChI is InChI=1S/C9H5N3O2/c13-9(12-14)8-3-6-1-2-10-4-7(6)5-11-8/h1-5H. The van der Waals surface area contributed by atoms with Crippen molar-refractivity contribution in [3.05, 3.63) is 41.3 Å². The van der Waals surface area contributed by atoms with Gasteiger partial charge in [-0.3, -0.25) is 14.8 Å². The molecule has 2 heterocycles. The summed E-state index contributed by atoms with van der Waals surface area (Å²) in [5, 5.41) is 3.92. The van der Waals surface area contributed by atoms with E-state index in [9.17, 15) is 9.70 Å². The zero-order chi connectivity index (χ0) is 9.97. The maximum Gasteiger partial charge on any atom is 0.335 e. The third kappa shape index (κ3) is 1.35. The van der Waals surface area contributed by atoms with Gasteiger partial charge in [0.15, 0.2) is 0 Å². The Morgan fingerprint density at radius 1 is 1.29 bits per heavy atom. The Kier molecular flexibility index (Phi) is 1.98. The van der Waals surface area contributed by atoms with Crippen molar-refractivity contribution in [2.45, 2.75) is 0 Å². The SMILES string of the molecule is O=NC(=O)c1cc2ccncc2cn1. The Labute approximate surface area is 78.8 Å². The summed E-state index contributed by atoms with van der Waals surface area (Å²) in [6.07, 6.45) is 4.72. The zero-order valence-corrected chi connectivity index (χ0v) is 7.04. The van der Waals surface area contributed by atoms with E-state index < -0.39 is 5.91 Å². The van der Waals surface area contributed by atoms with Crippen LogP contribution >= 0.6 is 0 Å². The van der Waals surface area contributed by atoms with Crippen molar-refractivity contribution < 1.29 is 4.79 Å². The number of amides is 1. The van der Waals surface area contributed by atoms with E-state index in [0.717, 1.165) is 10.8 Å². The van der Waals surface area contributed by atoms with Gasteiger partial charge >= 0.3 is 5.91 Å². The molecule has 0 spiro atoms. The van der Waals surface area contributed by atoms with E-state index in [1.54, 1.807) is 18.5 Å². The average molecular weight is 187 g/mol. The van der Waals surface area contributed by atoms with E-state index in [-0.39, 0.29) is 5.69 Å². The first-order valence-corrected chi connectivity index (χ1v) is 3.89. The topological polar surface area (TPSA) is 72.3 Å². The summed E-state index contributed by atoms with van der Waals surface area (Å²) in [5.74, 6) is -0.858. The largest absolute Gasteiger partial charge is 0.335 e. The van der Waals surface area contributed by atoms with Gasteiger partial charge in [-0.05, 0) is 17.5 Å². The summed E-state index contributed by atoms with van der Waals surface area (Å²) in [5.41, 5.74) is 0.0544. The molecule has 0 aliphatic rings. The van der Waals surface area contributed by atoms with Crippen LogP contribution in [0.2, 0.25) is 0 Å². The van der Waals surface area contributed by atoms with Gasteiger partial charge in [-0.15, -0.1) is 4.91 Å². The molecule has 0 fully saturated rings. The molecule has 2 aromatic heterocycles. The molecule has 0 N–H and O–H groups in total. The summed E-state index contributed by atoms with van der Waals surface area (Å²) in [4.78, 5) is 28.6. The Balaban J connectivity index is 2.62. The van der Waals surface area contributed by atoms with Crippen LogP contribution in [0.3, 0.4) is 0 Å². The van der Waals surface area contributed by atoms with Crippen LogP contribution in [0.5, 0.6) is 0 Å². The minimum Gasteiger partial charge on any atom is -0.264 e. The molecule has 1 amide bonds. The van der Waals surface area contributed by atoms with Crippen LogP contribution in [-0.4, -0.2) is 15.9 Å². The maximum atomic E-state index is 10.9. The predicted octanol–water partition coefficient (Wildman–Crippen LogP) is 1.54. The fraction of sp³-hybridized carbons (Fsp3) is 0. The Morgan fingerprint density at radius 3 is 2.93 bits per heavy atom. The van der Waals surface area contributed by atoms with E-state index in [0.29, 0.717) is 0 Å². The quantitative estimate of drug-likeness (QED) is 0.634. The van der Waals surface area contributed by atoms with Crippen LogP contribution in [0, 0.1) is 4.91 Å². The van der Waals surface area contributed by atoms with Gasteiger partial charge in [0.2, 0.25) is 0 Å². The predicted molar refractivity (Wildman–Crippen MR) is 49.7 cm³/mol. The molecule has 0 unspecified atom stereocenters. The van der Waals surface area contributed by atoms with Gasteiger partial charge in [-0.1, -0.05) is 0 Å². The molecule has 14 heavy (non-hydrogen) atoms. The molecular weight excluding hydrogens is 182 g/mol. The van der Waals surface area contributed by atoms with Crippen molar-refractivity contribution in [2.24, 2.45) is 5.18 Å². The first kappa shape index (κ1) is 8.43. The van der Waals surface area contributed by atoms with Gasteiger partial charge in [0.05, 0.1) is 0 Å². The number of aromatic nitrogens is 2. The van der Waals surface area contributed by atoms with Gasteiger partial charge in [0.1, 0.15) is 5.69 Å². The third-order valence-corrected chi connectivity index (χ3v) is 1.82. The molecule has 0 atom stereocenters. The van der Waals surface area contributed by atoms with Crippen LogP contribution in [0.4, 0.5) is 0 Å². The number of hydrogen-bond acceptors (Lipinski definition) is 4. The Morgan fingerprint density at radius 2 is 2.14 bits per heavy atom. The lowest BCUT2D eigenvalue weighted by Crippen LogP contribution is -1.96. The van der Waals surface area contributed by atoms with E-state index in [4.69, 9.17) is 0 Å². The summed E-state index contributed by atoms with van der Waals surface area (Å²) >= 11 is 0. The minimum absolute atomic E-state index is 0.0544. The summed E-state index contributed by atoms with van der Waals surface area (Å²) in [7, 11) is 0. The number of rotatable bonds is 1. The molecule has 0 bridgehead atoms. The molecule has 0 saturated heterocycles. The lowest BCUT2D eigenvalue weighted by Gasteiger charge is -1.96. The summed E-state index contributed by atoms with van der Waals surface area (Å²) in [6, 6.07) is 3.25. The second-order valence-corrected chi connectivity index (χ2v) is 2.69. The maximum absolute atomic E-state index is 10.9. The molecule has 0 aliphatic carbocycles. The van der Waals surface area contributed by atoms with Crippen LogP contribution in [0.1, 0.15) is 10.5 Å². The molecule has 68 valence electrons. The number of carbonyl (C=O) groups excluding carboxylic acids is 1. The molecule has 0 aromatic carbocycles. The summed E-state index contributed by atoms with van der Waals surface area (Å²) in [6.45, 7) is 0. The zero-order valence-electron chi connectivity index (χ0n) is 7.04. The van der Waals surface area contributed by atoms with Crippen molar-refractivity contribution in [3.63, 3.8) is 0 Å². The molecular formula is C9H5N3O2. The second kappa shape index (κ2) is 3.29. The number of fused-ring (bicyclic) bond motifs is 1. The van der Waals surface area contributed by atoms with Gasteiger partial charge < -0.3 is 0 Å². The van der Waals surface area contributed by atoms with Crippen molar-refractivity contribution >= 4 is 16.7 Å². The highest BCUT2D eigenvalue weighted by Gasteiger charge is 2.07. The van der Waals surface area contributed by atoms with Crippen LogP contribution < -0.4 is 0 Å². The monoisotopic (exact) mass is 187 g/mol. The van der Waals surface area contributed by atoms with Gasteiger partial charge in [0, 0.05) is 29.2 Å². The molecule has 0 radical (unpaired) electrons. The van der Waals surface area contributed by atoms with Gasteiger partial charge in [0.25, 0.3) is 0 Å². The van der Waals surface area contributed by atoms with E-state index in [1.165, 1.54) is 12.3 Å². The number of carbonyl (C=O) groups is 1. The van der Waals surface area contributed by atoms with Crippen molar-refractivity contribution in [3.8, 4) is 0 Å². The molecule has 5 nitrogen and oxygen atoms in total. The van der Waals surface area contributed by atoms with Crippen LogP contribution in [-0.2, 0) is 0 Å². The minimum atomic E-state index is -0.858. The average Bonchev–Trinajstić information content (AvgIpc) is 2.27. The van der Waals surface area contributed by atoms with E-state index in [2.05, 4.69) is 15.1 Å². The lowest BCUT2D eigenvalue weighted by molar-refractivity contribution is 0.0996. The van der Waals surface area contributed by atoms with Crippen LogP contribution in [0.15, 0.2) is 35.9 Å². The normalized spacial score (nSPS) is 10.0. The lowest BCUT2D eigenvalue weighted by atomic mass is 10.2. The number of hydrogen-bond donors (Lipinski definition) is 0. The first-order valence-electron chi connectivity index (χ1n) is 3.89. The molecule has 0 saturated carbocycles. The van der Waals surface area contributed by atoms with Gasteiger partial charge in [-0.2, -0.15) is 0 Å². The molecule has 5 heteroatoms. The van der Waals surface area contributed by atoms with Crippen molar-refractivity contribution in [1.82, 2.24) is 9.97 Å². The highest BCUT2D eigenvalue weighted by molar-refractivity contribution is 5.96. The third-order valence-electron chi connectivity index (χ3n) is 1.82. The number of pyridine rings is 2. The van der Waals surface area contributed by atoms with Gasteiger partial charge in [-0.25, -0.2) is 0 Å². The Hall–Kier alpha value is -2.17. The van der Waals surface area contributed by atoms with Crippen LogP contribution in [0.25, 0.3) is 10.8 Å². The smallest absolute Gasteiger partial charge is 0.264 e.